The Hall–Kier alpha value is -3.83. The molecule has 255 valence electrons. The third-order valence-corrected chi connectivity index (χ3v) is 14.5. The van der Waals surface area contributed by atoms with Crippen molar-refractivity contribution < 1.29 is 24.5 Å². The van der Waals surface area contributed by atoms with E-state index in [1.807, 2.05) is 48.8 Å². The van der Waals surface area contributed by atoms with Crippen molar-refractivity contribution in [2.24, 2.45) is 5.92 Å². The van der Waals surface area contributed by atoms with Crippen LogP contribution in [0.15, 0.2) is 126 Å². The van der Waals surface area contributed by atoms with Gasteiger partial charge in [-0.25, -0.2) is 0 Å². The van der Waals surface area contributed by atoms with E-state index in [0.717, 1.165) is 55.9 Å². The number of hydrogen-bond acceptors (Lipinski definition) is 3. The summed E-state index contributed by atoms with van der Waals surface area (Å²) in [6.07, 6.45) is 9.33. The maximum absolute atomic E-state index is 6.45. The van der Waals surface area contributed by atoms with Crippen molar-refractivity contribution >= 4 is 39.6 Å². The number of hydrogen-bond donors (Lipinski definition) is 0. The summed E-state index contributed by atoms with van der Waals surface area (Å²) < 4.78 is 7.90. The van der Waals surface area contributed by atoms with Gasteiger partial charge in [-0.3, -0.25) is 0 Å². The largest absolute Gasteiger partial charge is 0 e. The van der Waals surface area contributed by atoms with Gasteiger partial charge in [-0.15, -0.1) is 18.2 Å². The minimum Gasteiger partial charge on any atom is 0 e. The van der Waals surface area contributed by atoms with Gasteiger partial charge in [-0.2, -0.15) is 0 Å². The SMILES string of the molecule is CC(C)(c1ccnc(-c2[c-]ccc3c2oc2cc(-c4ccccc4)ccc23)c1)C1CCCC1.[CH3][Ge]([CH3])([CH3])[c]1ccc(-c2[c-]cccc2)nc1.[Ir]. The Balaban J connectivity index is 0.000000215. The Morgan fingerprint density at radius 3 is 2.20 bits per heavy atom. The second kappa shape index (κ2) is 15.2. The quantitative estimate of drug-likeness (QED) is 0.123. The smallest absolute Gasteiger partial charge is 0 e. The minimum absolute atomic E-state index is 0. The van der Waals surface area contributed by atoms with E-state index in [1.54, 1.807) is 0 Å². The number of aromatic nitrogens is 2. The van der Waals surface area contributed by atoms with Crippen LogP contribution in [-0.2, 0) is 25.5 Å². The van der Waals surface area contributed by atoms with Gasteiger partial charge in [0.05, 0.1) is 5.58 Å². The van der Waals surface area contributed by atoms with Crippen molar-refractivity contribution in [1.29, 1.82) is 0 Å². The molecule has 1 saturated carbocycles. The average molecular weight is 894 g/mol. The van der Waals surface area contributed by atoms with E-state index in [0.29, 0.717) is 0 Å². The molecule has 0 atom stereocenters. The Bertz CT molecular complexity index is 2180. The fraction of sp³-hybridized carbons (Fsp3) is 0.244. The summed E-state index contributed by atoms with van der Waals surface area (Å²) in [5.41, 5.74) is 9.55. The second-order valence-corrected chi connectivity index (χ2v) is 25.5. The van der Waals surface area contributed by atoms with Gasteiger partial charge >= 0.3 is 99.8 Å². The molecule has 50 heavy (non-hydrogen) atoms. The number of pyridine rings is 2. The first-order chi connectivity index (χ1) is 23.7. The molecule has 4 aromatic carbocycles. The van der Waals surface area contributed by atoms with Gasteiger partial charge in [0.2, 0.25) is 0 Å². The standard InChI is InChI=1S/C31H28NO.C14H16GeN.Ir/c1-31(2,23-11-6-7-12-23)24-17-18-32-28(20-24)27-14-8-13-26-25-16-15-22(19-29(25)33-30(26)27)21-9-4-3-5-10-21;1-15(2,3)13-9-10-14(16-11-13)12-7-5-4-6-8-12;/h3-5,8-10,13,15-20,23H,6-7,11-12H2,1-2H3;4-7,9-11H,1-3H3;/q2*-1;. The van der Waals surface area contributed by atoms with Crippen LogP contribution in [0, 0.1) is 18.1 Å². The van der Waals surface area contributed by atoms with Crippen molar-refractivity contribution in [3.8, 4) is 33.6 Å². The number of benzene rings is 4. The molecule has 1 fully saturated rings. The maximum Gasteiger partial charge on any atom is 0 e. The molecule has 1 radical (unpaired) electrons. The minimum atomic E-state index is -1.72. The first-order valence-corrected chi connectivity index (χ1v) is 24.9. The zero-order valence-electron chi connectivity index (χ0n) is 29.6. The van der Waals surface area contributed by atoms with E-state index in [1.165, 1.54) is 41.2 Å². The number of rotatable bonds is 6. The summed E-state index contributed by atoms with van der Waals surface area (Å²) in [4.78, 5) is 9.27. The molecule has 8 rings (SSSR count). The molecule has 0 saturated heterocycles. The monoisotopic (exact) mass is 895 g/mol. The van der Waals surface area contributed by atoms with Crippen LogP contribution in [0.4, 0.5) is 0 Å². The van der Waals surface area contributed by atoms with Gasteiger partial charge in [0, 0.05) is 31.7 Å². The summed E-state index contributed by atoms with van der Waals surface area (Å²) in [6.45, 7) is 4.78. The van der Waals surface area contributed by atoms with Crippen LogP contribution >= 0.6 is 0 Å². The van der Waals surface area contributed by atoms with E-state index in [-0.39, 0.29) is 25.5 Å². The maximum atomic E-state index is 6.45. The van der Waals surface area contributed by atoms with Gasteiger partial charge in [-0.05, 0) is 58.7 Å². The molecule has 0 amide bonds. The van der Waals surface area contributed by atoms with Crippen molar-refractivity contribution in [3.05, 3.63) is 139 Å². The molecule has 0 unspecified atom stereocenters. The van der Waals surface area contributed by atoms with Crippen molar-refractivity contribution in [1.82, 2.24) is 9.97 Å². The van der Waals surface area contributed by atoms with Crippen LogP contribution in [0.2, 0.25) is 17.3 Å². The summed E-state index contributed by atoms with van der Waals surface area (Å²) in [6, 6.07) is 44.4. The van der Waals surface area contributed by atoms with E-state index in [9.17, 15) is 0 Å². The summed E-state index contributed by atoms with van der Waals surface area (Å²) in [7, 11) is 0. The zero-order valence-corrected chi connectivity index (χ0v) is 34.1. The van der Waals surface area contributed by atoms with Crippen molar-refractivity contribution in [2.45, 2.75) is 62.2 Å². The fourth-order valence-corrected chi connectivity index (χ4v) is 9.31. The summed E-state index contributed by atoms with van der Waals surface area (Å²) >= 11 is -1.72. The second-order valence-electron chi connectivity index (χ2n) is 14.9. The van der Waals surface area contributed by atoms with Crippen LogP contribution in [-0.4, -0.2) is 23.2 Å². The van der Waals surface area contributed by atoms with Crippen LogP contribution < -0.4 is 4.40 Å². The molecule has 3 nitrogen and oxygen atoms in total. The third-order valence-electron chi connectivity index (χ3n) is 10.3. The van der Waals surface area contributed by atoms with Gasteiger partial charge in [0.15, 0.2) is 0 Å². The summed E-state index contributed by atoms with van der Waals surface area (Å²) in [5.74, 6) is 7.87. The first-order valence-electron chi connectivity index (χ1n) is 17.5. The molecule has 0 N–H and O–H groups in total. The Morgan fingerprint density at radius 1 is 0.720 bits per heavy atom. The molecule has 3 heterocycles. The molecule has 0 aliphatic heterocycles. The fourth-order valence-electron chi connectivity index (χ4n) is 7.14. The predicted octanol–water partition coefficient (Wildman–Crippen LogP) is 11.7. The normalized spacial score (nSPS) is 13.5. The molecule has 0 spiro atoms. The van der Waals surface area contributed by atoms with Gasteiger partial charge in [-0.1, -0.05) is 86.2 Å². The number of fused-ring (bicyclic) bond motifs is 3. The van der Waals surface area contributed by atoms with Gasteiger partial charge in [0.25, 0.3) is 0 Å². The Morgan fingerprint density at radius 2 is 1.50 bits per heavy atom. The molecule has 5 heteroatoms. The van der Waals surface area contributed by atoms with Crippen molar-refractivity contribution in [2.75, 3.05) is 0 Å². The Labute approximate surface area is 313 Å². The van der Waals surface area contributed by atoms with Crippen LogP contribution in [0.1, 0.15) is 45.1 Å². The van der Waals surface area contributed by atoms with Crippen molar-refractivity contribution in [3.63, 3.8) is 0 Å². The van der Waals surface area contributed by atoms with E-state index in [4.69, 9.17) is 9.40 Å². The number of furan rings is 1. The van der Waals surface area contributed by atoms with E-state index < -0.39 is 13.3 Å². The molecule has 3 aromatic heterocycles. The van der Waals surface area contributed by atoms with Crippen LogP contribution in [0.25, 0.3) is 55.6 Å². The number of nitrogens with zero attached hydrogens (tertiary/aromatic N) is 2. The molecular weight excluding hydrogens is 849 g/mol. The molecule has 0 bridgehead atoms. The topological polar surface area (TPSA) is 38.9 Å². The average Bonchev–Trinajstić information content (AvgIpc) is 3.82. The predicted molar refractivity (Wildman–Crippen MR) is 208 cm³/mol. The first kappa shape index (κ1) is 36.0. The molecule has 7 aromatic rings. The molecular formula is C45H44GeIrN2O-2. The molecule has 1 aliphatic carbocycles. The van der Waals surface area contributed by atoms with Gasteiger partial charge in [0.1, 0.15) is 5.58 Å². The Kier molecular flexibility index (Phi) is 10.9. The van der Waals surface area contributed by atoms with Crippen LogP contribution in [0.3, 0.4) is 0 Å². The van der Waals surface area contributed by atoms with E-state index in [2.05, 4.69) is 121 Å². The molecule has 1 aliphatic rings. The zero-order chi connectivity index (χ0) is 34.0. The third kappa shape index (κ3) is 7.59. The van der Waals surface area contributed by atoms with E-state index >= 15 is 0 Å². The van der Waals surface area contributed by atoms with Crippen LogP contribution in [0.5, 0.6) is 0 Å². The van der Waals surface area contributed by atoms with Gasteiger partial charge < -0.3 is 9.40 Å². The summed E-state index contributed by atoms with van der Waals surface area (Å²) in [5, 5.41) is 2.24.